The molecule has 0 amide bonds. The molecule has 58 valence electrons. The van der Waals surface area contributed by atoms with Crippen LogP contribution in [0.3, 0.4) is 0 Å². The molecule has 0 bridgehead atoms. The molecule has 0 radical (unpaired) electrons. The molecule has 0 saturated heterocycles. The highest BCUT2D eigenvalue weighted by Crippen LogP contribution is 2.40. The zero-order chi connectivity index (χ0) is 7.68. The molecule has 1 N–H and O–H groups in total. The van der Waals surface area contributed by atoms with Crippen LogP contribution in [-0.4, -0.2) is 7.11 Å². The molecule has 1 heterocycles. The molecule has 2 rings (SSSR count). The van der Waals surface area contributed by atoms with Gasteiger partial charge in [0.15, 0.2) is 0 Å². The molecule has 0 saturated carbocycles. The summed E-state index contributed by atoms with van der Waals surface area (Å²) in [5.74, 6) is 0.813. The van der Waals surface area contributed by atoms with E-state index >= 15 is 0 Å². The van der Waals surface area contributed by atoms with Crippen LogP contribution in [0.5, 0.6) is 5.75 Å². The van der Waals surface area contributed by atoms with Gasteiger partial charge in [0.05, 0.1) is 24.0 Å². The Bertz CT molecular complexity index is 277. The quantitative estimate of drug-likeness (QED) is 0.652. The Hall–Kier alpha value is -0.870. The molecule has 11 heavy (non-hydrogen) atoms. The van der Waals surface area contributed by atoms with E-state index in [1.807, 2.05) is 18.2 Å². The number of para-hydroxylation sites is 1. The average molecular weight is 169 g/mol. The summed E-state index contributed by atoms with van der Waals surface area (Å²) >= 11 is 1.31. The van der Waals surface area contributed by atoms with Crippen LogP contribution >= 0.6 is 12.0 Å². The molecule has 4 heteroatoms. The number of hydrogen-bond donors (Lipinski definition) is 1. The smallest absolute Gasteiger partial charge is 0.145 e. The summed E-state index contributed by atoms with van der Waals surface area (Å²) in [6, 6.07) is 5.80. The highest BCUT2D eigenvalue weighted by molar-refractivity contribution is 7.95. The second kappa shape index (κ2) is 2.64. The van der Waals surface area contributed by atoms with Gasteiger partial charge in [0.1, 0.15) is 11.4 Å². The van der Waals surface area contributed by atoms with E-state index in [0.717, 1.165) is 16.3 Å². The van der Waals surface area contributed by atoms with Gasteiger partial charge in [-0.3, -0.25) is 0 Å². The summed E-state index contributed by atoms with van der Waals surface area (Å²) in [6.07, 6.45) is 0. The third-order valence-electron chi connectivity index (χ3n) is 1.48. The van der Waals surface area contributed by atoms with Crippen molar-refractivity contribution in [2.45, 2.75) is 4.90 Å². The Morgan fingerprint density at radius 2 is 2.45 bits per heavy atom. The maximum atomic E-state index is 5.10. The van der Waals surface area contributed by atoms with Crippen molar-refractivity contribution in [1.29, 1.82) is 0 Å². The molecule has 1 aliphatic heterocycles. The Kier molecular flexibility index (Phi) is 1.63. The Morgan fingerprint density at radius 1 is 1.55 bits per heavy atom. The maximum absolute atomic E-state index is 5.10. The molecular formula is C7H7NO2S. The molecule has 1 aromatic rings. The van der Waals surface area contributed by atoms with E-state index in [-0.39, 0.29) is 0 Å². The number of ether oxygens (including phenoxy) is 1. The van der Waals surface area contributed by atoms with E-state index in [0.29, 0.717) is 0 Å². The number of benzene rings is 1. The minimum atomic E-state index is 0.813. The number of rotatable bonds is 1. The van der Waals surface area contributed by atoms with Gasteiger partial charge in [0, 0.05) is 0 Å². The third-order valence-corrected chi connectivity index (χ3v) is 2.17. The molecular weight excluding hydrogens is 162 g/mol. The number of methoxy groups -OCH3 is 1. The van der Waals surface area contributed by atoms with Crippen molar-refractivity contribution in [2.75, 3.05) is 12.6 Å². The van der Waals surface area contributed by atoms with Crippen molar-refractivity contribution < 1.29 is 9.02 Å². The zero-order valence-electron chi connectivity index (χ0n) is 5.96. The highest BCUT2D eigenvalue weighted by atomic mass is 32.2. The van der Waals surface area contributed by atoms with E-state index in [1.54, 1.807) is 7.11 Å². The fourth-order valence-electron chi connectivity index (χ4n) is 0.959. The first-order chi connectivity index (χ1) is 5.42. The largest absolute Gasteiger partial charge is 0.494 e. The Balaban J connectivity index is 2.50. The van der Waals surface area contributed by atoms with Crippen LogP contribution < -0.4 is 10.2 Å². The van der Waals surface area contributed by atoms with Gasteiger partial charge in [-0.2, -0.15) is 4.28 Å². The van der Waals surface area contributed by atoms with E-state index in [1.165, 1.54) is 12.0 Å². The summed E-state index contributed by atoms with van der Waals surface area (Å²) in [5, 5.41) is 0. The summed E-state index contributed by atoms with van der Waals surface area (Å²) < 4.78 is 10.0. The average Bonchev–Trinajstić information content (AvgIpc) is 2.50. The summed E-state index contributed by atoms with van der Waals surface area (Å²) in [7, 11) is 1.64. The normalized spacial score (nSPS) is 13.9. The lowest BCUT2D eigenvalue weighted by Crippen LogP contribution is -1.90. The van der Waals surface area contributed by atoms with Gasteiger partial charge < -0.3 is 4.74 Å². The van der Waals surface area contributed by atoms with Crippen molar-refractivity contribution in [3.63, 3.8) is 0 Å². The van der Waals surface area contributed by atoms with Gasteiger partial charge in [0.25, 0.3) is 0 Å². The van der Waals surface area contributed by atoms with E-state index in [9.17, 15) is 0 Å². The van der Waals surface area contributed by atoms with Crippen LogP contribution in [0, 0.1) is 0 Å². The zero-order valence-corrected chi connectivity index (χ0v) is 6.77. The van der Waals surface area contributed by atoms with Gasteiger partial charge >= 0.3 is 0 Å². The first kappa shape index (κ1) is 6.82. The molecule has 0 aliphatic carbocycles. The lowest BCUT2D eigenvalue weighted by atomic mass is 10.3. The van der Waals surface area contributed by atoms with Crippen molar-refractivity contribution in [3.8, 4) is 5.75 Å². The minimum Gasteiger partial charge on any atom is -0.494 e. The van der Waals surface area contributed by atoms with Crippen molar-refractivity contribution in [2.24, 2.45) is 0 Å². The standard InChI is InChI=1S/C7H7NO2S/c1-9-5-3-2-4-6-7(5)8-10-11-6/h2-4,8H,1H3. The molecule has 1 aliphatic rings. The SMILES string of the molecule is COc1cccc2c1NOS2. The molecule has 0 atom stereocenters. The van der Waals surface area contributed by atoms with Gasteiger partial charge in [-0.15, -0.1) is 0 Å². The fourth-order valence-corrected chi connectivity index (χ4v) is 1.53. The van der Waals surface area contributed by atoms with Crippen molar-refractivity contribution in [1.82, 2.24) is 0 Å². The van der Waals surface area contributed by atoms with Crippen LogP contribution in [-0.2, 0) is 4.28 Å². The Morgan fingerprint density at radius 3 is 3.27 bits per heavy atom. The summed E-state index contributed by atoms with van der Waals surface area (Å²) in [4.78, 5) is 1.06. The first-order valence-electron chi connectivity index (χ1n) is 3.18. The molecule has 0 fully saturated rings. The van der Waals surface area contributed by atoms with Crippen LogP contribution in [0.2, 0.25) is 0 Å². The van der Waals surface area contributed by atoms with Crippen molar-refractivity contribution >= 4 is 17.7 Å². The third kappa shape index (κ3) is 1.04. The number of hydrogen-bond acceptors (Lipinski definition) is 4. The van der Waals surface area contributed by atoms with Crippen LogP contribution in [0.1, 0.15) is 0 Å². The number of anilines is 1. The highest BCUT2D eigenvalue weighted by Gasteiger charge is 2.15. The predicted octanol–water partition coefficient (Wildman–Crippen LogP) is 2.06. The van der Waals surface area contributed by atoms with Crippen LogP contribution in [0.15, 0.2) is 23.1 Å². The topological polar surface area (TPSA) is 30.5 Å². The Labute approximate surface area is 68.9 Å². The van der Waals surface area contributed by atoms with Gasteiger partial charge in [-0.05, 0) is 12.1 Å². The molecule has 0 unspecified atom stereocenters. The molecule has 1 aromatic carbocycles. The minimum absolute atomic E-state index is 0.813. The summed E-state index contributed by atoms with van der Waals surface area (Å²) in [6.45, 7) is 0. The van der Waals surface area contributed by atoms with Crippen LogP contribution in [0.25, 0.3) is 0 Å². The monoisotopic (exact) mass is 169 g/mol. The van der Waals surface area contributed by atoms with Gasteiger partial charge in [0.2, 0.25) is 0 Å². The maximum Gasteiger partial charge on any atom is 0.145 e. The molecule has 0 aromatic heterocycles. The second-order valence-corrected chi connectivity index (χ2v) is 2.88. The van der Waals surface area contributed by atoms with Gasteiger partial charge in [-0.25, -0.2) is 5.48 Å². The number of fused-ring (bicyclic) bond motifs is 1. The fraction of sp³-hybridized carbons (Fsp3) is 0.143. The lowest BCUT2D eigenvalue weighted by Gasteiger charge is -2.02. The lowest BCUT2D eigenvalue weighted by molar-refractivity contribution is 0.409. The first-order valence-corrected chi connectivity index (χ1v) is 3.92. The molecule has 3 nitrogen and oxygen atoms in total. The summed E-state index contributed by atoms with van der Waals surface area (Å²) in [5.41, 5.74) is 3.67. The van der Waals surface area contributed by atoms with Gasteiger partial charge in [-0.1, -0.05) is 6.07 Å². The van der Waals surface area contributed by atoms with E-state index in [2.05, 4.69) is 5.48 Å². The van der Waals surface area contributed by atoms with E-state index < -0.39 is 0 Å². The predicted molar refractivity (Wildman–Crippen MR) is 43.6 cm³/mol. The second-order valence-electron chi connectivity index (χ2n) is 2.10. The van der Waals surface area contributed by atoms with Crippen LogP contribution in [0.4, 0.5) is 5.69 Å². The van der Waals surface area contributed by atoms with E-state index in [4.69, 9.17) is 9.02 Å². The number of nitrogens with one attached hydrogen (secondary N) is 1. The molecule has 0 spiro atoms. The van der Waals surface area contributed by atoms with Crippen molar-refractivity contribution in [3.05, 3.63) is 18.2 Å².